The van der Waals surface area contributed by atoms with E-state index in [0.717, 1.165) is 37.4 Å². The van der Waals surface area contributed by atoms with E-state index < -0.39 is 0 Å². The first-order valence-electron chi connectivity index (χ1n) is 5.40. The normalized spacial score (nSPS) is 10.9. The third-order valence-electron chi connectivity index (χ3n) is 2.55. The molecule has 0 saturated carbocycles. The van der Waals surface area contributed by atoms with Gasteiger partial charge in [-0.15, -0.1) is 23.2 Å². The van der Waals surface area contributed by atoms with Crippen LogP contribution in [0, 0.1) is 0 Å². The summed E-state index contributed by atoms with van der Waals surface area (Å²) in [5, 5.41) is 0. The van der Waals surface area contributed by atoms with Gasteiger partial charge in [0, 0.05) is 24.2 Å². The number of nitrogens with zero attached hydrogens (tertiary/aromatic N) is 1. The summed E-state index contributed by atoms with van der Waals surface area (Å²) in [5.74, 6) is 2.07. The minimum absolute atomic E-state index is 0.588. The third-order valence-corrected chi connectivity index (χ3v) is 3.08. The second-order valence-corrected chi connectivity index (χ2v) is 4.40. The fourth-order valence-corrected chi connectivity index (χ4v) is 2.07. The first kappa shape index (κ1) is 12.8. The Hall–Kier alpha value is -0.270. The topological polar surface area (TPSA) is 12.9 Å². The van der Waals surface area contributed by atoms with E-state index in [1.807, 2.05) is 12.4 Å². The average molecular weight is 246 g/mol. The SMILES string of the molecule is ClCCCC(CCCCl)c1ccncc1. The standard InChI is InChI=1S/C12H17Cl2N/c13-7-1-3-11(4-2-8-14)12-5-9-15-10-6-12/h5-6,9-11H,1-4,7-8H2. The van der Waals surface area contributed by atoms with Gasteiger partial charge < -0.3 is 0 Å². The smallest absolute Gasteiger partial charge is 0.0270 e. The molecule has 0 saturated heterocycles. The number of aromatic nitrogens is 1. The second kappa shape index (κ2) is 7.95. The molecule has 0 aliphatic carbocycles. The van der Waals surface area contributed by atoms with Crippen LogP contribution in [0.3, 0.4) is 0 Å². The summed E-state index contributed by atoms with van der Waals surface area (Å²) in [5.41, 5.74) is 1.36. The molecule has 1 heterocycles. The van der Waals surface area contributed by atoms with E-state index >= 15 is 0 Å². The van der Waals surface area contributed by atoms with Gasteiger partial charge in [0.05, 0.1) is 0 Å². The Morgan fingerprint density at radius 3 is 2.00 bits per heavy atom. The zero-order valence-corrected chi connectivity index (χ0v) is 10.3. The zero-order chi connectivity index (χ0) is 10.9. The molecule has 0 N–H and O–H groups in total. The van der Waals surface area contributed by atoms with Gasteiger partial charge in [-0.05, 0) is 49.3 Å². The summed E-state index contributed by atoms with van der Waals surface area (Å²) in [6.45, 7) is 0. The maximum atomic E-state index is 5.73. The molecule has 0 radical (unpaired) electrons. The predicted octanol–water partition coefficient (Wildman–Crippen LogP) is 4.20. The molecule has 84 valence electrons. The Bertz CT molecular complexity index is 243. The Kier molecular flexibility index (Phi) is 6.78. The van der Waals surface area contributed by atoms with E-state index in [1.165, 1.54) is 5.56 Å². The molecule has 0 fully saturated rings. The zero-order valence-electron chi connectivity index (χ0n) is 8.83. The van der Waals surface area contributed by atoms with Crippen LogP contribution in [0.15, 0.2) is 24.5 Å². The maximum absolute atomic E-state index is 5.73. The molecule has 1 aromatic rings. The largest absolute Gasteiger partial charge is 0.265 e. The van der Waals surface area contributed by atoms with Crippen molar-refractivity contribution in [2.45, 2.75) is 31.6 Å². The minimum Gasteiger partial charge on any atom is -0.265 e. The van der Waals surface area contributed by atoms with Crippen molar-refractivity contribution in [3.05, 3.63) is 30.1 Å². The van der Waals surface area contributed by atoms with Gasteiger partial charge in [0.2, 0.25) is 0 Å². The molecule has 1 aromatic heterocycles. The highest BCUT2D eigenvalue weighted by molar-refractivity contribution is 6.18. The van der Waals surface area contributed by atoms with E-state index in [-0.39, 0.29) is 0 Å². The monoisotopic (exact) mass is 245 g/mol. The van der Waals surface area contributed by atoms with Gasteiger partial charge in [-0.25, -0.2) is 0 Å². The van der Waals surface area contributed by atoms with E-state index in [2.05, 4.69) is 17.1 Å². The Labute approximate surface area is 102 Å². The van der Waals surface area contributed by atoms with Crippen molar-refractivity contribution in [2.75, 3.05) is 11.8 Å². The molecule has 1 nitrogen and oxygen atoms in total. The van der Waals surface area contributed by atoms with Gasteiger partial charge in [-0.2, -0.15) is 0 Å². The van der Waals surface area contributed by atoms with Crippen LogP contribution in [0.2, 0.25) is 0 Å². The lowest BCUT2D eigenvalue weighted by molar-refractivity contribution is 0.563. The summed E-state index contributed by atoms with van der Waals surface area (Å²) in [6, 6.07) is 4.18. The maximum Gasteiger partial charge on any atom is 0.0270 e. The highest BCUT2D eigenvalue weighted by Crippen LogP contribution is 2.26. The van der Waals surface area contributed by atoms with Crippen molar-refractivity contribution in [2.24, 2.45) is 0 Å². The molecular weight excluding hydrogens is 229 g/mol. The number of alkyl halides is 2. The van der Waals surface area contributed by atoms with Crippen molar-refractivity contribution >= 4 is 23.2 Å². The quantitative estimate of drug-likeness (QED) is 0.657. The Morgan fingerprint density at radius 2 is 1.53 bits per heavy atom. The van der Waals surface area contributed by atoms with E-state index in [4.69, 9.17) is 23.2 Å². The minimum atomic E-state index is 0.588. The van der Waals surface area contributed by atoms with Crippen molar-refractivity contribution < 1.29 is 0 Å². The van der Waals surface area contributed by atoms with Crippen molar-refractivity contribution in [1.82, 2.24) is 4.98 Å². The van der Waals surface area contributed by atoms with Crippen LogP contribution in [0.4, 0.5) is 0 Å². The number of halogens is 2. The van der Waals surface area contributed by atoms with Crippen LogP contribution >= 0.6 is 23.2 Å². The van der Waals surface area contributed by atoms with Crippen LogP contribution in [-0.2, 0) is 0 Å². The van der Waals surface area contributed by atoms with Gasteiger partial charge in [-0.3, -0.25) is 4.98 Å². The van der Waals surface area contributed by atoms with Crippen molar-refractivity contribution in [3.63, 3.8) is 0 Å². The lowest BCUT2D eigenvalue weighted by Crippen LogP contribution is -2.00. The van der Waals surface area contributed by atoms with E-state index in [0.29, 0.717) is 5.92 Å². The third kappa shape index (κ3) is 4.85. The molecule has 0 atom stereocenters. The number of rotatable bonds is 7. The van der Waals surface area contributed by atoms with Gasteiger partial charge in [0.15, 0.2) is 0 Å². The molecule has 1 rings (SSSR count). The van der Waals surface area contributed by atoms with Crippen LogP contribution in [0.5, 0.6) is 0 Å². The first-order chi connectivity index (χ1) is 7.38. The van der Waals surface area contributed by atoms with Crippen molar-refractivity contribution in [1.29, 1.82) is 0 Å². The molecule has 0 amide bonds. The van der Waals surface area contributed by atoms with Crippen LogP contribution in [0.1, 0.15) is 37.2 Å². The van der Waals surface area contributed by atoms with E-state index in [9.17, 15) is 0 Å². The van der Waals surface area contributed by atoms with Gasteiger partial charge in [0.1, 0.15) is 0 Å². The van der Waals surface area contributed by atoms with Crippen LogP contribution in [0.25, 0.3) is 0 Å². The van der Waals surface area contributed by atoms with Crippen LogP contribution < -0.4 is 0 Å². The molecule has 15 heavy (non-hydrogen) atoms. The second-order valence-electron chi connectivity index (χ2n) is 3.64. The van der Waals surface area contributed by atoms with Crippen LogP contribution in [-0.4, -0.2) is 16.7 Å². The Balaban J connectivity index is 2.55. The molecule has 0 unspecified atom stereocenters. The average Bonchev–Trinajstić information content (AvgIpc) is 2.30. The highest BCUT2D eigenvalue weighted by Gasteiger charge is 2.10. The highest BCUT2D eigenvalue weighted by atomic mass is 35.5. The molecule has 0 aromatic carbocycles. The molecule has 0 aliphatic heterocycles. The van der Waals surface area contributed by atoms with Gasteiger partial charge >= 0.3 is 0 Å². The number of hydrogen-bond acceptors (Lipinski definition) is 1. The van der Waals surface area contributed by atoms with Gasteiger partial charge in [-0.1, -0.05) is 0 Å². The summed E-state index contributed by atoms with van der Waals surface area (Å²) in [6.07, 6.45) is 8.12. The first-order valence-corrected chi connectivity index (χ1v) is 6.47. The van der Waals surface area contributed by atoms with Crippen molar-refractivity contribution in [3.8, 4) is 0 Å². The fourth-order valence-electron chi connectivity index (χ4n) is 1.76. The molecule has 3 heteroatoms. The molecular formula is C12H17Cl2N. The fraction of sp³-hybridized carbons (Fsp3) is 0.583. The predicted molar refractivity (Wildman–Crippen MR) is 66.9 cm³/mol. The molecule has 0 bridgehead atoms. The number of pyridine rings is 1. The summed E-state index contributed by atoms with van der Waals surface area (Å²) in [7, 11) is 0. The lowest BCUT2D eigenvalue weighted by Gasteiger charge is -2.15. The van der Waals surface area contributed by atoms with E-state index in [1.54, 1.807) is 0 Å². The molecule has 0 aliphatic rings. The number of hydrogen-bond donors (Lipinski definition) is 0. The summed E-state index contributed by atoms with van der Waals surface area (Å²) in [4.78, 5) is 4.04. The lowest BCUT2D eigenvalue weighted by atomic mass is 9.91. The summed E-state index contributed by atoms with van der Waals surface area (Å²) >= 11 is 11.5. The molecule has 0 spiro atoms. The summed E-state index contributed by atoms with van der Waals surface area (Å²) < 4.78 is 0. The van der Waals surface area contributed by atoms with Gasteiger partial charge in [0.25, 0.3) is 0 Å². The Morgan fingerprint density at radius 1 is 1.00 bits per heavy atom.